The third-order valence-electron chi connectivity index (χ3n) is 4.97. The molecule has 0 radical (unpaired) electrons. The summed E-state index contributed by atoms with van der Waals surface area (Å²) in [6.45, 7) is 5.59. The first-order valence-electron chi connectivity index (χ1n) is 9.23. The van der Waals surface area contributed by atoms with Crippen LogP contribution >= 0.6 is 0 Å². The average Bonchev–Trinajstić information content (AvgIpc) is 3.08. The Balaban J connectivity index is 1.75. The van der Waals surface area contributed by atoms with Crippen LogP contribution in [0.2, 0.25) is 0 Å². The van der Waals surface area contributed by atoms with Crippen molar-refractivity contribution >= 4 is 11.8 Å². The van der Waals surface area contributed by atoms with Crippen LogP contribution in [0.1, 0.15) is 25.8 Å². The molecule has 1 aromatic carbocycles. The minimum atomic E-state index is -0.295. The highest BCUT2D eigenvalue weighted by atomic mass is 19.1. The van der Waals surface area contributed by atoms with Gasteiger partial charge in [0.25, 0.3) is 0 Å². The molecule has 0 unspecified atom stereocenters. The highest BCUT2D eigenvalue weighted by Crippen LogP contribution is 2.21. The molecule has 1 fully saturated rings. The molecule has 2 heterocycles. The molecule has 0 bridgehead atoms. The van der Waals surface area contributed by atoms with Gasteiger partial charge in [-0.15, -0.1) is 0 Å². The first-order chi connectivity index (χ1) is 12.9. The van der Waals surface area contributed by atoms with Crippen molar-refractivity contribution < 1.29 is 14.0 Å². The summed E-state index contributed by atoms with van der Waals surface area (Å²) in [4.78, 5) is 29.1. The summed E-state index contributed by atoms with van der Waals surface area (Å²) in [6.07, 6.45) is 3.68. The molecule has 1 aliphatic rings. The summed E-state index contributed by atoms with van der Waals surface area (Å²) in [7, 11) is 0. The van der Waals surface area contributed by atoms with Gasteiger partial charge in [0.05, 0.1) is 6.04 Å². The Morgan fingerprint density at radius 2 is 2.04 bits per heavy atom. The summed E-state index contributed by atoms with van der Waals surface area (Å²) in [5.74, 6) is -0.127. The van der Waals surface area contributed by atoms with Gasteiger partial charge in [-0.2, -0.15) is 5.10 Å². The highest BCUT2D eigenvalue weighted by molar-refractivity contribution is 5.80. The van der Waals surface area contributed by atoms with Crippen molar-refractivity contribution in [2.45, 2.75) is 39.4 Å². The van der Waals surface area contributed by atoms with Crippen LogP contribution < -0.4 is 0 Å². The lowest BCUT2D eigenvalue weighted by molar-refractivity contribution is -0.134. The van der Waals surface area contributed by atoms with E-state index in [1.54, 1.807) is 40.2 Å². The van der Waals surface area contributed by atoms with E-state index in [0.29, 0.717) is 19.6 Å². The standard InChI is InChI=1S/C20H25FN4O2/c1-15(2)18-13-23(20(27)14-24-10-3-9-22-24)11-8-19(26)25(18)12-16-4-6-17(21)7-5-16/h3-7,9-10,15,18H,8,11-14H2,1-2H3/t18-/m1/s1. The lowest BCUT2D eigenvalue weighted by Crippen LogP contribution is -2.47. The number of carbonyl (C=O) groups excluding carboxylic acids is 2. The number of hydrogen-bond donors (Lipinski definition) is 0. The molecule has 0 saturated carbocycles. The summed E-state index contributed by atoms with van der Waals surface area (Å²) in [5, 5.41) is 4.08. The molecule has 1 saturated heterocycles. The topological polar surface area (TPSA) is 58.4 Å². The molecule has 1 aliphatic heterocycles. The molecule has 6 nitrogen and oxygen atoms in total. The second-order valence-electron chi connectivity index (χ2n) is 7.25. The zero-order valence-electron chi connectivity index (χ0n) is 15.7. The Hall–Kier alpha value is -2.70. The number of amides is 2. The first-order valence-corrected chi connectivity index (χ1v) is 9.23. The van der Waals surface area contributed by atoms with Crippen molar-refractivity contribution in [3.63, 3.8) is 0 Å². The van der Waals surface area contributed by atoms with Gasteiger partial charge in [-0.25, -0.2) is 4.39 Å². The highest BCUT2D eigenvalue weighted by Gasteiger charge is 2.33. The van der Waals surface area contributed by atoms with E-state index in [1.165, 1.54) is 12.1 Å². The smallest absolute Gasteiger partial charge is 0.244 e. The van der Waals surface area contributed by atoms with Crippen LogP contribution in [0.15, 0.2) is 42.7 Å². The molecule has 0 spiro atoms. The summed E-state index contributed by atoms with van der Waals surface area (Å²) >= 11 is 0. The molecule has 0 N–H and O–H groups in total. The van der Waals surface area contributed by atoms with Crippen molar-refractivity contribution in [2.75, 3.05) is 13.1 Å². The zero-order chi connectivity index (χ0) is 19.4. The zero-order valence-corrected chi connectivity index (χ0v) is 15.7. The van der Waals surface area contributed by atoms with Gasteiger partial charge in [0, 0.05) is 38.4 Å². The fraction of sp³-hybridized carbons (Fsp3) is 0.450. The van der Waals surface area contributed by atoms with Crippen LogP contribution in [-0.4, -0.2) is 50.5 Å². The van der Waals surface area contributed by atoms with Gasteiger partial charge in [-0.1, -0.05) is 26.0 Å². The van der Waals surface area contributed by atoms with E-state index in [2.05, 4.69) is 18.9 Å². The molecule has 3 rings (SSSR count). The summed E-state index contributed by atoms with van der Waals surface area (Å²) < 4.78 is 14.8. The van der Waals surface area contributed by atoms with E-state index in [1.807, 2.05) is 4.90 Å². The van der Waals surface area contributed by atoms with Crippen molar-refractivity contribution in [3.05, 3.63) is 54.1 Å². The van der Waals surface area contributed by atoms with Gasteiger partial charge in [0.2, 0.25) is 11.8 Å². The molecule has 27 heavy (non-hydrogen) atoms. The number of nitrogens with zero attached hydrogens (tertiary/aromatic N) is 4. The number of benzene rings is 1. The summed E-state index contributed by atoms with van der Waals surface area (Å²) in [5.41, 5.74) is 0.881. The van der Waals surface area contributed by atoms with Crippen molar-refractivity contribution in [1.29, 1.82) is 0 Å². The van der Waals surface area contributed by atoms with E-state index in [-0.39, 0.29) is 42.6 Å². The first kappa shape index (κ1) is 19.1. The van der Waals surface area contributed by atoms with Gasteiger partial charge in [0.15, 0.2) is 0 Å². The third-order valence-corrected chi connectivity index (χ3v) is 4.97. The van der Waals surface area contributed by atoms with Gasteiger partial charge in [-0.05, 0) is 29.7 Å². The Morgan fingerprint density at radius 3 is 2.67 bits per heavy atom. The fourth-order valence-corrected chi connectivity index (χ4v) is 3.40. The molecule has 2 aromatic rings. The SMILES string of the molecule is CC(C)[C@H]1CN(C(=O)Cn2cccn2)CCC(=O)N1Cc1ccc(F)cc1. The Kier molecular flexibility index (Phi) is 5.88. The van der Waals surface area contributed by atoms with Crippen molar-refractivity contribution in [1.82, 2.24) is 19.6 Å². The Morgan fingerprint density at radius 1 is 1.30 bits per heavy atom. The van der Waals surface area contributed by atoms with E-state index >= 15 is 0 Å². The predicted molar refractivity (Wildman–Crippen MR) is 99.0 cm³/mol. The summed E-state index contributed by atoms with van der Waals surface area (Å²) in [6, 6.07) is 7.90. The van der Waals surface area contributed by atoms with Gasteiger partial charge in [0.1, 0.15) is 12.4 Å². The third kappa shape index (κ3) is 4.72. The Labute approximate surface area is 158 Å². The average molecular weight is 372 g/mol. The van der Waals surface area contributed by atoms with E-state index in [0.717, 1.165) is 5.56 Å². The predicted octanol–water partition coefficient (Wildman–Crippen LogP) is 2.31. The van der Waals surface area contributed by atoms with Crippen molar-refractivity contribution in [3.8, 4) is 0 Å². The lowest BCUT2D eigenvalue weighted by Gasteiger charge is -2.34. The number of aromatic nitrogens is 2. The Bertz CT molecular complexity index is 774. The largest absolute Gasteiger partial charge is 0.338 e. The molecule has 144 valence electrons. The van der Waals surface area contributed by atoms with Crippen LogP contribution in [0.25, 0.3) is 0 Å². The number of halogens is 1. The van der Waals surface area contributed by atoms with E-state index < -0.39 is 0 Å². The minimum absolute atomic E-state index is 0.0208. The van der Waals surface area contributed by atoms with Crippen LogP contribution in [0, 0.1) is 11.7 Å². The number of rotatable bonds is 5. The van der Waals surface area contributed by atoms with E-state index in [4.69, 9.17) is 0 Å². The van der Waals surface area contributed by atoms with Gasteiger partial charge in [-0.3, -0.25) is 14.3 Å². The van der Waals surface area contributed by atoms with Crippen LogP contribution in [0.3, 0.4) is 0 Å². The van der Waals surface area contributed by atoms with E-state index in [9.17, 15) is 14.0 Å². The van der Waals surface area contributed by atoms with Crippen LogP contribution in [0.5, 0.6) is 0 Å². The maximum Gasteiger partial charge on any atom is 0.244 e. The fourth-order valence-electron chi connectivity index (χ4n) is 3.40. The maximum atomic E-state index is 13.2. The molecule has 7 heteroatoms. The number of carbonyl (C=O) groups is 2. The number of hydrogen-bond acceptors (Lipinski definition) is 3. The molecular weight excluding hydrogens is 347 g/mol. The monoisotopic (exact) mass is 372 g/mol. The van der Waals surface area contributed by atoms with Crippen LogP contribution in [-0.2, 0) is 22.7 Å². The molecule has 1 atom stereocenters. The molecule has 1 aromatic heterocycles. The second-order valence-corrected chi connectivity index (χ2v) is 7.25. The maximum absolute atomic E-state index is 13.2. The quantitative estimate of drug-likeness (QED) is 0.809. The van der Waals surface area contributed by atoms with Crippen LogP contribution in [0.4, 0.5) is 4.39 Å². The van der Waals surface area contributed by atoms with Gasteiger partial charge < -0.3 is 9.80 Å². The molecule has 0 aliphatic carbocycles. The molecule has 2 amide bonds. The van der Waals surface area contributed by atoms with Gasteiger partial charge >= 0.3 is 0 Å². The van der Waals surface area contributed by atoms with Crippen molar-refractivity contribution in [2.24, 2.45) is 5.92 Å². The second kappa shape index (κ2) is 8.33. The minimum Gasteiger partial charge on any atom is -0.338 e. The normalized spacial score (nSPS) is 18.1. The lowest BCUT2D eigenvalue weighted by atomic mass is 10.0. The molecular formula is C20H25FN4O2.